The van der Waals surface area contributed by atoms with Crippen LogP contribution < -0.4 is 10.6 Å². The lowest BCUT2D eigenvalue weighted by atomic mass is 10.2. The highest BCUT2D eigenvalue weighted by molar-refractivity contribution is 7.97. The van der Waals surface area contributed by atoms with Gasteiger partial charge in [-0.05, 0) is 56.9 Å². The molecule has 0 bridgehead atoms. The van der Waals surface area contributed by atoms with Crippen molar-refractivity contribution in [3.8, 4) is 0 Å². The van der Waals surface area contributed by atoms with Crippen molar-refractivity contribution in [1.29, 1.82) is 0 Å². The molecule has 33 heavy (non-hydrogen) atoms. The quantitative estimate of drug-likeness (QED) is 0.454. The van der Waals surface area contributed by atoms with Gasteiger partial charge in [0.15, 0.2) is 5.82 Å². The molecule has 8 nitrogen and oxygen atoms in total. The van der Waals surface area contributed by atoms with Crippen LogP contribution in [-0.4, -0.2) is 76.4 Å². The molecule has 2 N–H and O–H groups in total. The molecule has 3 heterocycles. The maximum atomic E-state index is 6.37. The number of likely N-dealkylation sites (N-methyl/N-ethyl adjacent to an activating group) is 1. The van der Waals surface area contributed by atoms with Gasteiger partial charge in [0.2, 0.25) is 5.95 Å². The molecule has 1 aliphatic heterocycles. The number of hydrogen-bond donors (Lipinski definition) is 2. The van der Waals surface area contributed by atoms with Crippen LogP contribution in [0.25, 0.3) is 0 Å². The topological polar surface area (TPSA) is 72.5 Å². The second kappa shape index (κ2) is 11.1. The molecule has 10 heteroatoms. The maximum Gasteiger partial charge on any atom is 0.229 e. The highest BCUT2D eigenvalue weighted by Gasteiger charge is 2.14. The Bertz CT molecular complexity index is 1050. The lowest BCUT2D eigenvalue weighted by molar-refractivity contribution is 0.148. The van der Waals surface area contributed by atoms with Gasteiger partial charge < -0.3 is 15.5 Å². The number of rotatable bonds is 8. The molecule has 0 amide bonds. The van der Waals surface area contributed by atoms with Crippen LogP contribution >= 0.6 is 23.5 Å². The summed E-state index contributed by atoms with van der Waals surface area (Å²) in [5.41, 5.74) is 3.05. The van der Waals surface area contributed by atoms with Gasteiger partial charge >= 0.3 is 0 Å². The third-order valence-corrected chi connectivity index (χ3v) is 6.47. The summed E-state index contributed by atoms with van der Waals surface area (Å²) in [6, 6.07) is 10.4. The van der Waals surface area contributed by atoms with Crippen molar-refractivity contribution < 1.29 is 0 Å². The van der Waals surface area contributed by atoms with Crippen LogP contribution in [0.2, 0.25) is 5.02 Å². The molecule has 0 aliphatic carbocycles. The molecule has 1 fully saturated rings. The normalized spacial score (nSPS) is 15.1. The van der Waals surface area contributed by atoms with E-state index in [0.717, 1.165) is 49.0 Å². The van der Waals surface area contributed by atoms with E-state index in [2.05, 4.69) is 66.7 Å². The zero-order valence-corrected chi connectivity index (χ0v) is 20.7. The maximum absolute atomic E-state index is 6.37. The monoisotopic (exact) mass is 484 g/mol. The average Bonchev–Trinajstić information content (AvgIpc) is 2.80. The van der Waals surface area contributed by atoms with Gasteiger partial charge in [-0.1, -0.05) is 23.7 Å². The van der Waals surface area contributed by atoms with Crippen molar-refractivity contribution >= 4 is 46.7 Å². The molecule has 3 aromatic rings. The van der Waals surface area contributed by atoms with Gasteiger partial charge in [-0.15, -0.1) is 0 Å². The van der Waals surface area contributed by atoms with Crippen LogP contribution in [0.5, 0.6) is 0 Å². The summed E-state index contributed by atoms with van der Waals surface area (Å²) in [6.07, 6.45) is 5.12. The molecule has 0 saturated carbocycles. The first kappa shape index (κ1) is 23.7. The predicted octanol–water partition coefficient (Wildman–Crippen LogP) is 4.33. The van der Waals surface area contributed by atoms with Crippen molar-refractivity contribution in [1.82, 2.24) is 29.1 Å². The zero-order chi connectivity index (χ0) is 23.2. The van der Waals surface area contributed by atoms with E-state index >= 15 is 0 Å². The van der Waals surface area contributed by atoms with Gasteiger partial charge in [0, 0.05) is 49.5 Å². The Balaban J connectivity index is 1.42. The molecule has 0 spiro atoms. The van der Waals surface area contributed by atoms with E-state index in [0.29, 0.717) is 16.8 Å². The minimum Gasteiger partial charge on any atom is -0.337 e. The first-order valence-corrected chi connectivity index (χ1v) is 12.0. The number of nitrogens with zero attached hydrogens (tertiary/aromatic N) is 6. The van der Waals surface area contributed by atoms with E-state index in [1.807, 2.05) is 24.5 Å². The minimum atomic E-state index is 0.438. The molecular weight excluding hydrogens is 456 g/mol. The minimum absolute atomic E-state index is 0.438. The van der Waals surface area contributed by atoms with Crippen LogP contribution in [0, 0.1) is 0 Å². The van der Waals surface area contributed by atoms with E-state index in [1.165, 1.54) is 5.56 Å². The highest BCUT2D eigenvalue weighted by Crippen LogP contribution is 2.31. The van der Waals surface area contributed by atoms with Crippen molar-refractivity contribution in [2.75, 3.05) is 58.0 Å². The van der Waals surface area contributed by atoms with Gasteiger partial charge in [0.25, 0.3) is 0 Å². The number of anilines is 4. The third-order valence-electron chi connectivity index (χ3n) is 5.27. The Morgan fingerprint density at radius 2 is 1.79 bits per heavy atom. The number of halogens is 1. The molecule has 174 valence electrons. The highest BCUT2D eigenvalue weighted by atomic mass is 35.5. The van der Waals surface area contributed by atoms with Crippen molar-refractivity contribution in [2.24, 2.45) is 0 Å². The van der Waals surface area contributed by atoms with E-state index in [4.69, 9.17) is 11.6 Å². The molecule has 0 radical (unpaired) electrons. The fourth-order valence-electron chi connectivity index (χ4n) is 3.48. The SMILES string of the molecule is CN1CCN(Cc2ccc(Nc3ncc(Cl)c(Nc4cnccc4SN(C)C)n3)cc2)CC1. The number of hydrogen-bond acceptors (Lipinski definition) is 9. The summed E-state index contributed by atoms with van der Waals surface area (Å²) in [4.78, 5) is 19.0. The van der Waals surface area contributed by atoms with E-state index < -0.39 is 0 Å². The molecule has 2 aromatic heterocycles. The van der Waals surface area contributed by atoms with Gasteiger partial charge in [0.05, 0.1) is 18.1 Å². The average molecular weight is 485 g/mol. The Morgan fingerprint density at radius 3 is 2.52 bits per heavy atom. The van der Waals surface area contributed by atoms with Gasteiger partial charge in [-0.3, -0.25) is 14.2 Å². The van der Waals surface area contributed by atoms with E-state index in [9.17, 15) is 0 Å². The Hall–Kier alpha value is -2.43. The summed E-state index contributed by atoms with van der Waals surface area (Å²) in [6.45, 7) is 5.43. The van der Waals surface area contributed by atoms with Gasteiger partial charge in [0.1, 0.15) is 5.02 Å². The predicted molar refractivity (Wildman–Crippen MR) is 137 cm³/mol. The van der Waals surface area contributed by atoms with Crippen molar-refractivity contribution in [2.45, 2.75) is 11.4 Å². The van der Waals surface area contributed by atoms with E-state index in [1.54, 1.807) is 30.5 Å². The fourth-order valence-corrected chi connectivity index (χ4v) is 4.34. The smallest absolute Gasteiger partial charge is 0.229 e. The van der Waals surface area contributed by atoms with Crippen LogP contribution in [0.4, 0.5) is 23.1 Å². The summed E-state index contributed by atoms with van der Waals surface area (Å²) in [5.74, 6) is 0.994. The standard InChI is InChI=1S/C23H29ClN8S/c1-30(2)33-21-8-9-25-15-20(21)28-22-19(24)14-26-23(29-22)27-18-6-4-17(5-7-18)16-32-12-10-31(3)11-13-32/h4-9,14-15H,10-13,16H2,1-3H3,(H2,26,27,28,29). The van der Waals surface area contributed by atoms with Crippen LogP contribution in [0.1, 0.15) is 5.56 Å². The molecule has 0 atom stereocenters. The molecular formula is C23H29ClN8S. The molecule has 1 saturated heterocycles. The number of nitrogens with one attached hydrogen (secondary N) is 2. The molecule has 4 rings (SSSR count). The second-order valence-corrected chi connectivity index (χ2v) is 9.95. The van der Waals surface area contributed by atoms with Crippen molar-refractivity contribution in [3.63, 3.8) is 0 Å². The zero-order valence-electron chi connectivity index (χ0n) is 19.1. The summed E-state index contributed by atoms with van der Waals surface area (Å²) in [5, 5.41) is 7.00. The van der Waals surface area contributed by atoms with E-state index in [-0.39, 0.29) is 0 Å². The fraction of sp³-hybridized carbons (Fsp3) is 0.348. The molecule has 0 unspecified atom stereocenters. The van der Waals surface area contributed by atoms with Gasteiger partial charge in [-0.25, -0.2) is 4.98 Å². The number of pyridine rings is 1. The van der Waals surface area contributed by atoms with Crippen molar-refractivity contribution in [3.05, 3.63) is 59.5 Å². The summed E-state index contributed by atoms with van der Waals surface area (Å²) < 4.78 is 2.02. The van der Waals surface area contributed by atoms with Gasteiger partial charge in [-0.2, -0.15) is 4.98 Å². The lowest BCUT2D eigenvalue weighted by Gasteiger charge is -2.32. The number of piperazine rings is 1. The van der Waals surface area contributed by atoms with Crippen LogP contribution in [-0.2, 0) is 6.54 Å². The molecule has 1 aromatic carbocycles. The first-order chi connectivity index (χ1) is 16.0. The summed E-state index contributed by atoms with van der Waals surface area (Å²) in [7, 11) is 6.16. The second-order valence-electron chi connectivity index (χ2n) is 8.19. The first-order valence-electron chi connectivity index (χ1n) is 10.8. The Morgan fingerprint density at radius 1 is 1.03 bits per heavy atom. The largest absolute Gasteiger partial charge is 0.337 e. The Kier molecular flexibility index (Phi) is 8.00. The third kappa shape index (κ3) is 6.78. The lowest BCUT2D eigenvalue weighted by Crippen LogP contribution is -2.43. The number of benzene rings is 1. The van der Waals surface area contributed by atoms with Crippen LogP contribution in [0.15, 0.2) is 53.8 Å². The summed E-state index contributed by atoms with van der Waals surface area (Å²) >= 11 is 7.96. The molecule has 1 aliphatic rings. The van der Waals surface area contributed by atoms with Crippen LogP contribution in [0.3, 0.4) is 0 Å². The number of aromatic nitrogens is 3. The Labute approximate surface area is 204 Å².